The number of para-hydroxylation sites is 1. The predicted molar refractivity (Wildman–Crippen MR) is 73.6 cm³/mol. The monoisotopic (exact) mass is 246 g/mol. The van der Waals surface area contributed by atoms with Crippen molar-refractivity contribution in [3.63, 3.8) is 0 Å². The van der Waals surface area contributed by atoms with E-state index in [0.29, 0.717) is 0 Å². The Morgan fingerprint density at radius 3 is 2.61 bits per heavy atom. The first-order chi connectivity index (χ1) is 8.48. The predicted octanol–water partition coefficient (Wildman–Crippen LogP) is 2.72. The van der Waals surface area contributed by atoms with Gasteiger partial charge in [-0.15, -0.1) is 0 Å². The molecule has 3 heteroatoms. The SMILES string of the molecule is COc1ccccc1CCN(C)CC(C)(C)C#N. The van der Waals surface area contributed by atoms with E-state index in [1.54, 1.807) is 7.11 Å². The van der Waals surface area contributed by atoms with Crippen LogP contribution in [0.15, 0.2) is 24.3 Å². The molecule has 0 amide bonds. The summed E-state index contributed by atoms with van der Waals surface area (Å²) in [7, 11) is 3.75. The van der Waals surface area contributed by atoms with Crippen molar-refractivity contribution in [3.05, 3.63) is 29.8 Å². The Morgan fingerprint density at radius 2 is 2.00 bits per heavy atom. The molecule has 0 bridgehead atoms. The van der Waals surface area contributed by atoms with E-state index in [1.165, 1.54) is 5.56 Å². The van der Waals surface area contributed by atoms with Crippen molar-refractivity contribution in [3.8, 4) is 11.8 Å². The van der Waals surface area contributed by atoms with Crippen LogP contribution in [0.3, 0.4) is 0 Å². The van der Waals surface area contributed by atoms with Gasteiger partial charge in [0.1, 0.15) is 5.75 Å². The molecule has 0 heterocycles. The summed E-state index contributed by atoms with van der Waals surface area (Å²) in [6.45, 7) is 5.63. The van der Waals surface area contributed by atoms with E-state index in [-0.39, 0.29) is 5.41 Å². The van der Waals surface area contributed by atoms with Gasteiger partial charge in [-0.1, -0.05) is 18.2 Å². The van der Waals surface area contributed by atoms with Gasteiger partial charge in [-0.25, -0.2) is 0 Å². The number of hydrogen-bond acceptors (Lipinski definition) is 3. The number of benzene rings is 1. The van der Waals surface area contributed by atoms with Crippen molar-refractivity contribution in [1.29, 1.82) is 5.26 Å². The molecule has 0 aliphatic carbocycles. The number of nitrogens with zero attached hydrogens (tertiary/aromatic N) is 2. The lowest BCUT2D eigenvalue weighted by Crippen LogP contribution is -2.31. The Morgan fingerprint density at radius 1 is 1.33 bits per heavy atom. The van der Waals surface area contributed by atoms with Crippen LogP contribution >= 0.6 is 0 Å². The standard InChI is InChI=1S/C15H22N2O/c1-15(2,11-16)12-17(3)10-9-13-7-5-6-8-14(13)18-4/h5-8H,9-10,12H2,1-4H3. The lowest BCUT2D eigenvalue weighted by molar-refractivity contribution is 0.257. The zero-order valence-electron chi connectivity index (χ0n) is 11.7. The van der Waals surface area contributed by atoms with Gasteiger partial charge in [0, 0.05) is 13.1 Å². The summed E-state index contributed by atoms with van der Waals surface area (Å²) >= 11 is 0. The van der Waals surface area contributed by atoms with E-state index >= 15 is 0 Å². The fourth-order valence-corrected chi connectivity index (χ4v) is 2.01. The summed E-state index contributed by atoms with van der Waals surface area (Å²) in [6, 6.07) is 10.4. The summed E-state index contributed by atoms with van der Waals surface area (Å²) in [5, 5.41) is 9.01. The maximum Gasteiger partial charge on any atom is 0.122 e. The second-order valence-electron chi connectivity index (χ2n) is 5.30. The number of hydrogen-bond donors (Lipinski definition) is 0. The molecular weight excluding hydrogens is 224 g/mol. The zero-order valence-corrected chi connectivity index (χ0v) is 11.7. The average molecular weight is 246 g/mol. The molecule has 98 valence electrons. The molecule has 1 aromatic carbocycles. The summed E-state index contributed by atoms with van der Waals surface area (Å²) in [4.78, 5) is 2.19. The van der Waals surface area contributed by atoms with E-state index in [0.717, 1.165) is 25.3 Å². The number of ether oxygens (including phenoxy) is 1. The van der Waals surface area contributed by atoms with Gasteiger partial charge in [0.2, 0.25) is 0 Å². The van der Waals surface area contributed by atoms with Crippen molar-refractivity contribution >= 4 is 0 Å². The number of likely N-dealkylation sites (N-methyl/N-ethyl adjacent to an activating group) is 1. The highest BCUT2D eigenvalue weighted by Crippen LogP contribution is 2.19. The van der Waals surface area contributed by atoms with Crippen molar-refractivity contribution in [2.45, 2.75) is 20.3 Å². The third-order valence-electron chi connectivity index (χ3n) is 2.92. The molecule has 0 N–H and O–H groups in total. The summed E-state index contributed by atoms with van der Waals surface area (Å²) in [5.41, 5.74) is 0.914. The highest BCUT2D eigenvalue weighted by atomic mass is 16.5. The normalized spacial score (nSPS) is 11.3. The molecule has 1 rings (SSSR count). The van der Waals surface area contributed by atoms with Gasteiger partial charge in [0.15, 0.2) is 0 Å². The molecule has 0 aliphatic heterocycles. The second-order valence-corrected chi connectivity index (χ2v) is 5.30. The molecule has 0 saturated heterocycles. The molecule has 3 nitrogen and oxygen atoms in total. The number of nitriles is 1. The van der Waals surface area contributed by atoms with E-state index in [4.69, 9.17) is 10.00 Å². The maximum absolute atomic E-state index is 9.01. The van der Waals surface area contributed by atoms with Crippen molar-refractivity contribution in [1.82, 2.24) is 4.90 Å². The Hall–Kier alpha value is -1.53. The van der Waals surface area contributed by atoms with E-state index in [2.05, 4.69) is 24.1 Å². The molecule has 0 aliphatic rings. The Balaban J connectivity index is 2.53. The van der Waals surface area contributed by atoms with Crippen LogP contribution in [-0.2, 0) is 6.42 Å². The van der Waals surface area contributed by atoms with Crippen molar-refractivity contribution in [2.24, 2.45) is 5.41 Å². The molecule has 0 saturated carbocycles. The van der Waals surface area contributed by atoms with Crippen LogP contribution in [0.2, 0.25) is 0 Å². The highest BCUT2D eigenvalue weighted by Gasteiger charge is 2.19. The van der Waals surface area contributed by atoms with Crippen molar-refractivity contribution < 1.29 is 4.74 Å². The van der Waals surface area contributed by atoms with Gasteiger partial charge < -0.3 is 9.64 Å². The molecule has 0 atom stereocenters. The highest BCUT2D eigenvalue weighted by molar-refractivity contribution is 5.33. The maximum atomic E-state index is 9.01. The quantitative estimate of drug-likeness (QED) is 0.774. The summed E-state index contributed by atoms with van der Waals surface area (Å²) in [6.07, 6.45) is 0.933. The fraction of sp³-hybridized carbons (Fsp3) is 0.533. The smallest absolute Gasteiger partial charge is 0.122 e. The molecule has 0 spiro atoms. The minimum Gasteiger partial charge on any atom is -0.496 e. The van der Waals surface area contributed by atoms with Gasteiger partial charge >= 0.3 is 0 Å². The second kappa shape index (κ2) is 6.42. The minimum atomic E-state index is -0.296. The molecule has 1 aromatic rings. The van der Waals surface area contributed by atoms with Crippen LogP contribution in [-0.4, -0.2) is 32.1 Å². The Bertz CT molecular complexity index is 421. The third-order valence-corrected chi connectivity index (χ3v) is 2.92. The van der Waals surface area contributed by atoms with Crippen LogP contribution < -0.4 is 4.74 Å². The molecule has 0 aromatic heterocycles. The molecule has 18 heavy (non-hydrogen) atoms. The molecule has 0 radical (unpaired) electrons. The van der Waals surface area contributed by atoms with Crippen LogP contribution in [0.25, 0.3) is 0 Å². The van der Waals surface area contributed by atoms with Gasteiger partial charge in [0.05, 0.1) is 18.6 Å². The van der Waals surface area contributed by atoms with Gasteiger partial charge in [0.25, 0.3) is 0 Å². The first-order valence-electron chi connectivity index (χ1n) is 6.20. The van der Waals surface area contributed by atoms with Gasteiger partial charge in [-0.05, 0) is 38.9 Å². The van der Waals surface area contributed by atoms with Crippen LogP contribution in [0, 0.1) is 16.7 Å². The van der Waals surface area contributed by atoms with Crippen LogP contribution in [0.5, 0.6) is 5.75 Å². The van der Waals surface area contributed by atoms with Gasteiger partial charge in [-0.3, -0.25) is 0 Å². The number of methoxy groups -OCH3 is 1. The zero-order chi connectivity index (χ0) is 13.6. The first-order valence-corrected chi connectivity index (χ1v) is 6.20. The van der Waals surface area contributed by atoms with Crippen LogP contribution in [0.4, 0.5) is 0 Å². The fourth-order valence-electron chi connectivity index (χ4n) is 2.01. The Labute approximate surface area is 110 Å². The minimum absolute atomic E-state index is 0.296. The third kappa shape index (κ3) is 4.38. The average Bonchev–Trinajstić information content (AvgIpc) is 2.36. The Kier molecular flexibility index (Phi) is 5.18. The molecular formula is C15H22N2O. The lowest BCUT2D eigenvalue weighted by Gasteiger charge is -2.24. The number of rotatable bonds is 6. The summed E-state index contributed by atoms with van der Waals surface area (Å²) in [5.74, 6) is 0.936. The lowest BCUT2D eigenvalue weighted by atomic mass is 9.95. The van der Waals surface area contributed by atoms with Crippen molar-refractivity contribution in [2.75, 3.05) is 27.2 Å². The largest absolute Gasteiger partial charge is 0.496 e. The van der Waals surface area contributed by atoms with E-state index in [1.807, 2.05) is 32.0 Å². The van der Waals surface area contributed by atoms with E-state index < -0.39 is 0 Å². The first kappa shape index (κ1) is 14.5. The van der Waals surface area contributed by atoms with E-state index in [9.17, 15) is 0 Å². The van der Waals surface area contributed by atoms with Gasteiger partial charge in [-0.2, -0.15) is 5.26 Å². The van der Waals surface area contributed by atoms with Crippen LogP contribution in [0.1, 0.15) is 19.4 Å². The molecule has 0 unspecified atom stereocenters. The summed E-state index contributed by atoms with van der Waals surface area (Å²) < 4.78 is 5.33. The molecule has 0 fully saturated rings. The topological polar surface area (TPSA) is 36.3 Å².